The van der Waals surface area contributed by atoms with Crippen molar-refractivity contribution < 1.29 is 14.0 Å². The molecule has 2 N–H and O–H groups in total. The molecule has 0 aromatic heterocycles. The van der Waals surface area contributed by atoms with Gasteiger partial charge >= 0.3 is 0 Å². The van der Waals surface area contributed by atoms with Crippen LogP contribution in [0.1, 0.15) is 41.6 Å². The summed E-state index contributed by atoms with van der Waals surface area (Å²) in [5.41, 5.74) is 1.25. The molecule has 1 spiro atoms. The van der Waals surface area contributed by atoms with E-state index in [1.54, 1.807) is 24.3 Å². The first kappa shape index (κ1) is 20.5. The van der Waals surface area contributed by atoms with Crippen molar-refractivity contribution in [2.75, 3.05) is 26.2 Å². The van der Waals surface area contributed by atoms with Crippen molar-refractivity contribution in [2.45, 2.75) is 31.7 Å². The van der Waals surface area contributed by atoms with Crippen LogP contribution in [-0.2, 0) is 4.79 Å². The molecule has 0 aliphatic carbocycles. The molecule has 0 radical (unpaired) electrons. The third kappa shape index (κ3) is 4.10. The number of likely N-dealkylation sites (tertiary alicyclic amines) is 1. The molecule has 2 amide bonds. The fourth-order valence-electron chi connectivity index (χ4n) is 4.90. The summed E-state index contributed by atoms with van der Waals surface area (Å²) in [4.78, 5) is 27.4. The maximum atomic E-state index is 13.3. The van der Waals surface area contributed by atoms with E-state index in [1.807, 2.05) is 25.1 Å². The predicted molar refractivity (Wildman–Crippen MR) is 114 cm³/mol. The van der Waals surface area contributed by atoms with E-state index in [0.29, 0.717) is 12.1 Å². The highest BCUT2D eigenvalue weighted by Gasteiger charge is 2.51. The Labute approximate surface area is 176 Å². The molecule has 6 heteroatoms. The summed E-state index contributed by atoms with van der Waals surface area (Å²) >= 11 is 0. The number of hydrogen-bond donors (Lipinski definition) is 2. The van der Waals surface area contributed by atoms with Crippen LogP contribution < -0.4 is 10.6 Å². The van der Waals surface area contributed by atoms with Crippen LogP contribution in [0.5, 0.6) is 0 Å². The zero-order chi connectivity index (χ0) is 21.1. The number of halogens is 1. The van der Waals surface area contributed by atoms with Crippen LogP contribution in [0, 0.1) is 11.2 Å². The molecule has 0 bridgehead atoms. The molecule has 2 aromatic rings. The lowest BCUT2D eigenvalue weighted by molar-refractivity contribution is -0.130. The summed E-state index contributed by atoms with van der Waals surface area (Å²) in [6, 6.07) is 15.8. The summed E-state index contributed by atoms with van der Waals surface area (Å²) in [6.07, 6.45) is 1.53. The molecule has 2 aliphatic rings. The highest BCUT2D eigenvalue weighted by Crippen LogP contribution is 2.47. The van der Waals surface area contributed by atoms with Gasteiger partial charge in [-0.25, -0.2) is 4.39 Å². The Morgan fingerprint density at radius 1 is 1.17 bits per heavy atom. The van der Waals surface area contributed by atoms with Crippen molar-refractivity contribution in [3.63, 3.8) is 0 Å². The Bertz CT molecular complexity index is 892. The average Bonchev–Trinajstić information content (AvgIpc) is 3.07. The minimum Gasteiger partial charge on any atom is -0.355 e. The maximum Gasteiger partial charge on any atom is 0.251 e. The van der Waals surface area contributed by atoms with E-state index in [0.717, 1.165) is 38.0 Å². The van der Waals surface area contributed by atoms with Gasteiger partial charge in [0.25, 0.3) is 5.91 Å². The molecule has 0 saturated carbocycles. The number of nitrogens with one attached hydrogen (secondary N) is 2. The van der Waals surface area contributed by atoms with Gasteiger partial charge in [-0.15, -0.1) is 0 Å². The first-order valence-corrected chi connectivity index (χ1v) is 10.6. The third-order valence-electron chi connectivity index (χ3n) is 6.55. The van der Waals surface area contributed by atoms with Crippen molar-refractivity contribution >= 4 is 11.8 Å². The zero-order valence-electron chi connectivity index (χ0n) is 17.2. The number of rotatable bonds is 5. The topological polar surface area (TPSA) is 61.4 Å². The number of carbonyl (C=O) groups excluding carboxylic acids is 2. The van der Waals surface area contributed by atoms with E-state index in [2.05, 4.69) is 15.5 Å². The molecule has 4 rings (SSSR count). The largest absolute Gasteiger partial charge is 0.355 e. The van der Waals surface area contributed by atoms with E-state index in [1.165, 1.54) is 12.1 Å². The van der Waals surface area contributed by atoms with Crippen LogP contribution in [0.25, 0.3) is 0 Å². The minimum atomic E-state index is -0.426. The van der Waals surface area contributed by atoms with Crippen LogP contribution >= 0.6 is 0 Å². The Kier molecular flexibility index (Phi) is 5.86. The van der Waals surface area contributed by atoms with Gasteiger partial charge in [0.1, 0.15) is 5.82 Å². The molecule has 2 atom stereocenters. The van der Waals surface area contributed by atoms with Gasteiger partial charge in [-0.05, 0) is 62.7 Å². The van der Waals surface area contributed by atoms with Crippen molar-refractivity contribution in [3.8, 4) is 0 Å². The average molecular weight is 410 g/mol. The summed E-state index contributed by atoms with van der Waals surface area (Å²) in [5.74, 6) is -0.139. The van der Waals surface area contributed by atoms with Gasteiger partial charge in [0.15, 0.2) is 0 Å². The fraction of sp³-hybridized carbons (Fsp3) is 0.417. The number of amides is 2. The molecule has 1 unspecified atom stereocenters. The molecule has 158 valence electrons. The van der Waals surface area contributed by atoms with Crippen LogP contribution in [0.4, 0.5) is 4.39 Å². The molecule has 2 saturated heterocycles. The summed E-state index contributed by atoms with van der Waals surface area (Å²) in [7, 11) is 0. The van der Waals surface area contributed by atoms with Crippen molar-refractivity contribution in [1.82, 2.24) is 15.5 Å². The zero-order valence-corrected chi connectivity index (χ0v) is 17.2. The Hall–Kier alpha value is -2.73. The first-order chi connectivity index (χ1) is 14.5. The predicted octanol–water partition coefficient (Wildman–Crippen LogP) is 2.94. The van der Waals surface area contributed by atoms with Gasteiger partial charge in [0.2, 0.25) is 5.91 Å². The molecule has 2 fully saturated rings. The Morgan fingerprint density at radius 3 is 2.50 bits per heavy atom. The lowest BCUT2D eigenvalue weighted by Crippen LogP contribution is -2.49. The van der Waals surface area contributed by atoms with Crippen molar-refractivity contribution in [3.05, 3.63) is 71.5 Å². The highest BCUT2D eigenvalue weighted by atomic mass is 19.1. The van der Waals surface area contributed by atoms with Gasteiger partial charge < -0.3 is 15.5 Å². The Balaban J connectivity index is 1.36. The summed E-state index contributed by atoms with van der Waals surface area (Å²) in [6.45, 7) is 4.97. The molecule has 2 aliphatic heterocycles. The van der Waals surface area contributed by atoms with Gasteiger partial charge in [0.05, 0.1) is 5.41 Å². The van der Waals surface area contributed by atoms with E-state index in [-0.39, 0.29) is 29.6 Å². The van der Waals surface area contributed by atoms with Crippen LogP contribution in [0.2, 0.25) is 0 Å². The number of carbonyl (C=O) groups is 2. The van der Waals surface area contributed by atoms with Crippen LogP contribution in [0.15, 0.2) is 54.6 Å². The molecule has 2 heterocycles. The minimum absolute atomic E-state index is 0.0112. The van der Waals surface area contributed by atoms with E-state index in [9.17, 15) is 14.0 Å². The SMILES string of the molecule is C[C@@H](CN1CCC2(CC1)C(=O)NCC2c1ccc(F)cc1)NC(=O)c1ccccc1. The molecular weight excluding hydrogens is 381 g/mol. The number of nitrogens with zero attached hydrogens (tertiary/aromatic N) is 1. The summed E-state index contributed by atoms with van der Waals surface area (Å²) in [5, 5.41) is 6.09. The van der Waals surface area contributed by atoms with E-state index >= 15 is 0 Å². The van der Waals surface area contributed by atoms with Crippen molar-refractivity contribution in [1.29, 1.82) is 0 Å². The first-order valence-electron chi connectivity index (χ1n) is 10.6. The smallest absolute Gasteiger partial charge is 0.251 e. The van der Waals surface area contributed by atoms with Crippen LogP contribution in [0.3, 0.4) is 0 Å². The molecule has 2 aromatic carbocycles. The second-order valence-corrected chi connectivity index (χ2v) is 8.51. The summed E-state index contributed by atoms with van der Waals surface area (Å²) < 4.78 is 13.3. The third-order valence-corrected chi connectivity index (χ3v) is 6.55. The normalized spacial score (nSPS) is 21.9. The van der Waals surface area contributed by atoms with E-state index < -0.39 is 5.41 Å². The fourth-order valence-corrected chi connectivity index (χ4v) is 4.90. The van der Waals surface area contributed by atoms with Gasteiger partial charge in [-0.2, -0.15) is 0 Å². The molecular formula is C24H28FN3O2. The van der Waals surface area contributed by atoms with Gasteiger partial charge in [-0.1, -0.05) is 30.3 Å². The molecule has 5 nitrogen and oxygen atoms in total. The van der Waals surface area contributed by atoms with Gasteiger partial charge in [0, 0.05) is 30.6 Å². The monoisotopic (exact) mass is 409 g/mol. The van der Waals surface area contributed by atoms with Crippen molar-refractivity contribution in [2.24, 2.45) is 5.41 Å². The lowest BCUT2D eigenvalue weighted by Gasteiger charge is -2.41. The number of hydrogen-bond acceptors (Lipinski definition) is 3. The Morgan fingerprint density at radius 2 is 1.83 bits per heavy atom. The number of piperidine rings is 1. The number of benzene rings is 2. The lowest BCUT2D eigenvalue weighted by atomic mass is 9.68. The van der Waals surface area contributed by atoms with E-state index in [4.69, 9.17) is 0 Å². The highest BCUT2D eigenvalue weighted by molar-refractivity contribution is 5.94. The van der Waals surface area contributed by atoms with Gasteiger partial charge in [-0.3, -0.25) is 9.59 Å². The molecule has 30 heavy (non-hydrogen) atoms. The maximum absolute atomic E-state index is 13.3. The van der Waals surface area contributed by atoms with Crippen LogP contribution in [-0.4, -0.2) is 48.9 Å². The second kappa shape index (κ2) is 8.56. The second-order valence-electron chi connectivity index (χ2n) is 8.51. The standard InChI is InChI=1S/C24H28FN3O2/c1-17(27-22(29)19-5-3-2-4-6-19)16-28-13-11-24(12-14-28)21(15-26-23(24)30)18-7-9-20(25)10-8-18/h2-10,17,21H,11-16H2,1H3,(H,26,30)(H,27,29)/t17-,21?/m0/s1. The quantitative estimate of drug-likeness (QED) is 0.798.